The van der Waals surface area contributed by atoms with Crippen LogP contribution in [0.15, 0.2) is 0 Å². The molecule has 0 aliphatic carbocycles. The molecule has 17 heteroatoms. The third-order valence-electron chi connectivity index (χ3n) is 2.34. The first-order valence-electron chi connectivity index (χ1n) is 4.98. The number of alkyl halides is 9. The third-order valence-corrected chi connectivity index (χ3v) is 2.34. The molecule has 1 aromatic heterocycles. The number of hydrogen-bond donors (Lipinski definition) is 0. The molecule has 1 rings (SSSR count). The highest BCUT2D eigenvalue weighted by Gasteiger charge is 2.65. The SMILES string of the molecule is FB(F)n1c(C(F)(F)F)c(C(F)(F)F)[n+](B(F)F)c1C(F)(F)F. The number of aromatic nitrogens is 2. The van der Waals surface area contributed by atoms with E-state index < -0.39 is 59.5 Å². The van der Waals surface area contributed by atoms with Crippen molar-refractivity contribution in [2.24, 2.45) is 0 Å². The molecule has 23 heavy (non-hydrogen) atoms. The molecule has 0 spiro atoms. The summed E-state index contributed by atoms with van der Waals surface area (Å²) in [6.07, 6.45) is -19.2. The highest BCUT2D eigenvalue weighted by molar-refractivity contribution is 6.41. The predicted octanol–water partition coefficient (Wildman–Crippen LogP) is 3.38. The molecule has 0 aliphatic heterocycles. The maximum Gasteiger partial charge on any atom is 0.809 e. The molecule has 0 saturated carbocycles. The predicted molar refractivity (Wildman–Crippen MR) is 46.4 cm³/mol. The second kappa shape index (κ2) is 5.51. The molecule has 0 fully saturated rings. The fraction of sp³-hybridized carbons (Fsp3) is 0.500. The topological polar surface area (TPSA) is 8.81 Å². The van der Waals surface area contributed by atoms with Crippen molar-refractivity contribution in [1.29, 1.82) is 0 Å². The van der Waals surface area contributed by atoms with Crippen molar-refractivity contribution in [2.75, 3.05) is 0 Å². The largest absolute Gasteiger partial charge is 0.809 e. The van der Waals surface area contributed by atoms with E-state index in [9.17, 15) is 56.8 Å². The van der Waals surface area contributed by atoms with Gasteiger partial charge in [0.2, 0.25) is 11.4 Å². The Bertz CT molecular complexity index is 536. The molecule has 0 aromatic carbocycles. The maximum absolute atomic E-state index is 12.6. The maximum atomic E-state index is 12.6. The summed E-state index contributed by atoms with van der Waals surface area (Å²) in [6.45, 7) is 0. The van der Waals surface area contributed by atoms with E-state index >= 15 is 0 Å². The minimum atomic E-state index is -6.42. The van der Waals surface area contributed by atoms with E-state index in [0.29, 0.717) is 0 Å². The van der Waals surface area contributed by atoms with E-state index in [-0.39, 0.29) is 0 Å². The van der Waals surface area contributed by atoms with Gasteiger partial charge in [0, 0.05) is 0 Å². The smallest absolute Gasteiger partial charge is 0.240 e. The second-order valence-corrected chi connectivity index (χ2v) is 3.81. The Labute approximate surface area is 117 Å². The summed E-state index contributed by atoms with van der Waals surface area (Å²) < 4.78 is 159. The average Bonchev–Trinajstić information content (AvgIpc) is 2.62. The van der Waals surface area contributed by atoms with E-state index in [1.165, 1.54) is 0 Å². The van der Waals surface area contributed by atoms with Crippen LogP contribution >= 0.6 is 0 Å². The molecule has 1 aromatic rings. The second-order valence-electron chi connectivity index (χ2n) is 3.81. The van der Waals surface area contributed by atoms with Crippen molar-refractivity contribution in [3.05, 3.63) is 17.2 Å². The van der Waals surface area contributed by atoms with E-state index in [1.807, 2.05) is 0 Å². The van der Waals surface area contributed by atoms with Crippen molar-refractivity contribution in [1.82, 2.24) is 4.48 Å². The van der Waals surface area contributed by atoms with Gasteiger partial charge in [-0.15, -0.1) is 0 Å². The van der Waals surface area contributed by atoms with Gasteiger partial charge in [-0.25, -0.2) is 26.2 Å². The Morgan fingerprint density at radius 3 is 1.35 bits per heavy atom. The van der Waals surface area contributed by atoms with Crippen LogP contribution in [0.4, 0.5) is 56.8 Å². The van der Waals surface area contributed by atoms with Crippen LogP contribution in [0.3, 0.4) is 0 Å². The minimum absolute atomic E-state index is 2.16. The molecule has 2 nitrogen and oxygen atoms in total. The van der Waals surface area contributed by atoms with Crippen molar-refractivity contribution in [3.8, 4) is 0 Å². The zero-order valence-corrected chi connectivity index (χ0v) is 9.96. The zero-order valence-electron chi connectivity index (χ0n) is 9.96. The van der Waals surface area contributed by atoms with Gasteiger partial charge in [0.05, 0.1) is 0 Å². The Hall–Kier alpha value is -1.57. The minimum Gasteiger partial charge on any atom is -0.240 e. The number of nitrogens with zero attached hydrogens (tertiary/aromatic N) is 2. The number of halogens is 13. The molecule has 0 amide bonds. The summed E-state index contributed by atoms with van der Waals surface area (Å²) in [7, 11) is -9.63. The lowest BCUT2D eigenvalue weighted by Gasteiger charge is -2.09. The third kappa shape index (κ3) is 3.52. The van der Waals surface area contributed by atoms with E-state index in [2.05, 4.69) is 0 Å². The Kier molecular flexibility index (Phi) is 4.66. The van der Waals surface area contributed by atoms with Gasteiger partial charge < -0.3 is 0 Å². The monoisotopic (exact) mass is 369 g/mol. The first-order chi connectivity index (χ1) is 10.0. The Morgan fingerprint density at radius 2 is 1.13 bits per heavy atom. The van der Waals surface area contributed by atoms with Crippen LogP contribution in [0.2, 0.25) is 0 Å². The lowest BCUT2D eigenvalue weighted by atomic mass is 10.1. The summed E-state index contributed by atoms with van der Waals surface area (Å²) in [4.78, 5) is 0. The highest BCUT2D eigenvalue weighted by Crippen LogP contribution is 2.43. The highest BCUT2D eigenvalue weighted by atomic mass is 19.4. The van der Waals surface area contributed by atoms with Gasteiger partial charge in [-0.1, -0.05) is 0 Å². The summed E-state index contributed by atoms with van der Waals surface area (Å²) >= 11 is 0. The van der Waals surface area contributed by atoms with Gasteiger partial charge >= 0.3 is 39.2 Å². The normalized spacial score (nSPS) is 13.4. The Morgan fingerprint density at radius 1 is 0.696 bits per heavy atom. The number of imidazole rings is 1. The van der Waals surface area contributed by atoms with Crippen LogP contribution in [0, 0.1) is 0 Å². The average molecular weight is 369 g/mol. The van der Waals surface area contributed by atoms with Gasteiger partial charge in [-0.05, 0) is 0 Å². The number of rotatable bonds is 2. The van der Waals surface area contributed by atoms with Crippen LogP contribution in [-0.2, 0) is 18.5 Å². The van der Waals surface area contributed by atoms with Crippen LogP contribution in [-0.4, -0.2) is 19.3 Å². The number of hydrogen-bond acceptors (Lipinski definition) is 0. The van der Waals surface area contributed by atoms with Crippen LogP contribution in [0.5, 0.6) is 0 Å². The standard InChI is InChI=1S/C6B2F13N2/c9-4(10,11)1-2(5(12,13)14)23(8(20)21)3(6(15,16)17)22(1)7(18)19/q+1. The van der Waals surface area contributed by atoms with Crippen LogP contribution < -0.4 is 4.48 Å². The molecule has 0 N–H and O–H groups in total. The first kappa shape index (κ1) is 19.5. The van der Waals surface area contributed by atoms with Crippen LogP contribution in [0.25, 0.3) is 0 Å². The quantitative estimate of drug-likeness (QED) is 0.559. The lowest BCUT2D eigenvalue weighted by Crippen LogP contribution is -2.55. The molecule has 0 aliphatic rings. The summed E-state index contributed by atoms with van der Waals surface area (Å²) in [5.41, 5.74) is -7.15. The van der Waals surface area contributed by atoms with Gasteiger partial charge in [0.25, 0.3) is 0 Å². The lowest BCUT2D eigenvalue weighted by molar-refractivity contribution is -0.604. The molecular weight excluding hydrogens is 369 g/mol. The summed E-state index contributed by atoms with van der Waals surface area (Å²) in [6, 6.07) is 0. The Balaban J connectivity index is 4.18. The van der Waals surface area contributed by atoms with E-state index in [0.717, 1.165) is 0 Å². The first-order valence-corrected chi connectivity index (χ1v) is 4.98. The summed E-state index contributed by atoms with van der Waals surface area (Å²) in [5, 5.41) is 0. The molecule has 0 bridgehead atoms. The zero-order chi connectivity index (χ0) is 18.5. The van der Waals surface area contributed by atoms with Crippen molar-refractivity contribution in [3.63, 3.8) is 0 Å². The molecule has 130 valence electrons. The molecule has 0 saturated heterocycles. The van der Waals surface area contributed by atoms with Crippen molar-refractivity contribution >= 4 is 14.8 Å². The molecule has 0 atom stereocenters. The van der Waals surface area contributed by atoms with Gasteiger partial charge in [0.1, 0.15) is 0 Å². The molecule has 0 unspecified atom stereocenters. The van der Waals surface area contributed by atoms with Gasteiger partial charge in [0.15, 0.2) is 0 Å². The van der Waals surface area contributed by atoms with Crippen molar-refractivity contribution in [2.45, 2.75) is 18.5 Å². The molecule has 1 heterocycles. The van der Waals surface area contributed by atoms with Gasteiger partial charge in [-0.2, -0.15) is 39.5 Å². The molecule has 0 radical (unpaired) electrons. The fourth-order valence-corrected chi connectivity index (χ4v) is 1.75. The fourth-order valence-electron chi connectivity index (χ4n) is 1.75. The molecular formula is C6B2F13N2+. The van der Waals surface area contributed by atoms with Gasteiger partial charge in [-0.3, -0.25) is 0 Å². The summed E-state index contributed by atoms with van der Waals surface area (Å²) in [5.74, 6) is -3.48. The van der Waals surface area contributed by atoms with E-state index in [1.54, 1.807) is 0 Å². The van der Waals surface area contributed by atoms with Crippen molar-refractivity contribution < 1.29 is 61.3 Å². The van der Waals surface area contributed by atoms with E-state index in [4.69, 9.17) is 0 Å². The van der Waals surface area contributed by atoms with Crippen LogP contribution in [0.1, 0.15) is 17.2 Å².